The van der Waals surface area contributed by atoms with Crippen molar-refractivity contribution in [1.82, 2.24) is 20.8 Å². The lowest BCUT2D eigenvalue weighted by molar-refractivity contribution is 0.0283. The van der Waals surface area contributed by atoms with Crippen molar-refractivity contribution in [3.05, 3.63) is 35.2 Å². The van der Waals surface area contributed by atoms with Crippen molar-refractivity contribution in [2.45, 2.75) is 38.7 Å². The van der Waals surface area contributed by atoms with Crippen LogP contribution in [0.25, 0.3) is 11.4 Å². The zero-order chi connectivity index (χ0) is 19.1. The molecule has 1 saturated heterocycles. The molecule has 1 aliphatic rings. The first-order chi connectivity index (χ1) is 13.1. The normalized spacial score (nSPS) is 20.0. The largest absolute Gasteiger partial charge is 0.373 e. The number of halogens is 1. The van der Waals surface area contributed by atoms with Crippen molar-refractivity contribution < 1.29 is 9.26 Å². The summed E-state index contributed by atoms with van der Waals surface area (Å²) < 4.78 is 11.1. The summed E-state index contributed by atoms with van der Waals surface area (Å²) in [7, 11) is 0. The number of hydrogen-bond acceptors (Lipinski definition) is 5. The van der Waals surface area contributed by atoms with Gasteiger partial charge in [-0.3, -0.25) is 4.99 Å². The second-order valence-corrected chi connectivity index (χ2v) is 7.23. The molecule has 0 bridgehead atoms. The van der Waals surface area contributed by atoms with Crippen LogP contribution in [-0.2, 0) is 11.2 Å². The van der Waals surface area contributed by atoms with E-state index in [4.69, 9.17) is 20.9 Å². The average Bonchev–Trinajstić information content (AvgIpc) is 3.30. The number of nitrogens with one attached hydrogen (secondary N) is 2. The first-order valence-corrected chi connectivity index (χ1v) is 9.70. The van der Waals surface area contributed by atoms with Crippen molar-refractivity contribution in [3.63, 3.8) is 0 Å². The Kier molecular flexibility index (Phi) is 6.68. The van der Waals surface area contributed by atoms with Crippen LogP contribution < -0.4 is 10.6 Å². The third-order valence-corrected chi connectivity index (χ3v) is 4.63. The van der Waals surface area contributed by atoms with Gasteiger partial charge in [0.15, 0.2) is 5.96 Å². The van der Waals surface area contributed by atoms with Gasteiger partial charge in [-0.05, 0) is 38.8 Å². The summed E-state index contributed by atoms with van der Waals surface area (Å²) in [5.74, 6) is 1.88. The molecule has 2 heterocycles. The topological polar surface area (TPSA) is 84.6 Å². The summed E-state index contributed by atoms with van der Waals surface area (Å²) in [6.45, 7) is 7.05. The fourth-order valence-corrected chi connectivity index (χ4v) is 3.13. The highest BCUT2D eigenvalue weighted by Crippen LogP contribution is 2.25. The molecule has 0 spiro atoms. The van der Waals surface area contributed by atoms with Gasteiger partial charge in [-0.2, -0.15) is 4.98 Å². The van der Waals surface area contributed by atoms with Gasteiger partial charge < -0.3 is 19.9 Å². The Morgan fingerprint density at radius 3 is 3.00 bits per heavy atom. The van der Waals surface area contributed by atoms with Crippen LogP contribution in [0.3, 0.4) is 0 Å². The van der Waals surface area contributed by atoms with Crippen molar-refractivity contribution in [1.29, 1.82) is 0 Å². The average molecular weight is 392 g/mol. The lowest BCUT2D eigenvalue weighted by Gasteiger charge is -2.21. The van der Waals surface area contributed by atoms with E-state index in [0.717, 1.165) is 37.5 Å². The number of aliphatic imine (C=N–C) groups is 1. The Morgan fingerprint density at radius 1 is 1.37 bits per heavy atom. The second-order valence-electron chi connectivity index (χ2n) is 6.80. The predicted molar refractivity (Wildman–Crippen MR) is 106 cm³/mol. The molecule has 7 nitrogen and oxygen atoms in total. The van der Waals surface area contributed by atoms with Gasteiger partial charge in [0, 0.05) is 36.7 Å². The van der Waals surface area contributed by atoms with E-state index in [9.17, 15) is 0 Å². The Balaban J connectivity index is 1.52. The number of hydrogen-bond donors (Lipinski definition) is 2. The molecule has 0 saturated carbocycles. The molecule has 1 fully saturated rings. The van der Waals surface area contributed by atoms with Crippen molar-refractivity contribution in [2.75, 3.05) is 26.2 Å². The Labute approximate surface area is 164 Å². The Morgan fingerprint density at radius 2 is 2.26 bits per heavy atom. The summed E-state index contributed by atoms with van der Waals surface area (Å²) in [5.41, 5.74) is 0.686. The van der Waals surface area contributed by atoms with E-state index < -0.39 is 0 Å². The maximum atomic E-state index is 6.01. The summed E-state index contributed by atoms with van der Waals surface area (Å²) in [4.78, 5) is 9.08. The molecular formula is C19H26ClN5O2. The lowest BCUT2D eigenvalue weighted by atomic mass is 10.0. The quantitative estimate of drug-likeness (QED) is 0.557. The number of guanidine groups is 1. The molecule has 3 rings (SSSR count). The summed E-state index contributed by atoms with van der Waals surface area (Å²) in [5, 5.41) is 11.2. The molecule has 1 unspecified atom stereocenters. The Hall–Kier alpha value is -2.12. The molecule has 1 aromatic heterocycles. The smallest absolute Gasteiger partial charge is 0.228 e. The monoisotopic (exact) mass is 391 g/mol. The SMILES string of the molecule is CCNC(=NCC1(C)CCCO1)NCCc1nc(-c2cccc(Cl)c2)no1. The van der Waals surface area contributed by atoms with Crippen molar-refractivity contribution in [3.8, 4) is 11.4 Å². The molecular weight excluding hydrogens is 366 g/mol. The van der Waals surface area contributed by atoms with Crippen LogP contribution in [0, 0.1) is 0 Å². The maximum absolute atomic E-state index is 6.01. The maximum Gasteiger partial charge on any atom is 0.228 e. The van der Waals surface area contributed by atoms with Crippen LogP contribution in [-0.4, -0.2) is 47.9 Å². The molecule has 146 valence electrons. The summed E-state index contributed by atoms with van der Waals surface area (Å²) >= 11 is 6.01. The second kappa shape index (κ2) is 9.19. The van der Waals surface area contributed by atoms with E-state index in [1.165, 1.54) is 0 Å². The molecule has 1 aliphatic heterocycles. The molecule has 1 aromatic carbocycles. The minimum atomic E-state index is -0.152. The van der Waals surface area contributed by atoms with Gasteiger partial charge in [0.05, 0.1) is 12.1 Å². The minimum absolute atomic E-state index is 0.152. The molecule has 0 radical (unpaired) electrons. The molecule has 1 atom stereocenters. The number of benzene rings is 1. The summed E-state index contributed by atoms with van der Waals surface area (Å²) in [6.07, 6.45) is 2.75. The molecule has 0 aliphatic carbocycles. The fourth-order valence-electron chi connectivity index (χ4n) is 2.94. The fraction of sp³-hybridized carbons (Fsp3) is 0.526. The molecule has 27 heavy (non-hydrogen) atoms. The van der Waals surface area contributed by atoms with Gasteiger partial charge in [-0.15, -0.1) is 0 Å². The molecule has 2 aromatic rings. The van der Waals surface area contributed by atoms with Crippen LogP contribution in [0.2, 0.25) is 5.02 Å². The molecule has 2 N–H and O–H groups in total. The zero-order valence-electron chi connectivity index (χ0n) is 15.8. The van der Waals surface area contributed by atoms with Crippen LogP contribution in [0.1, 0.15) is 32.6 Å². The van der Waals surface area contributed by atoms with Crippen LogP contribution in [0.15, 0.2) is 33.8 Å². The van der Waals surface area contributed by atoms with Crippen LogP contribution >= 0.6 is 11.6 Å². The highest BCUT2D eigenvalue weighted by atomic mass is 35.5. The number of nitrogens with zero attached hydrogens (tertiary/aromatic N) is 3. The van der Waals surface area contributed by atoms with Gasteiger partial charge in [0.25, 0.3) is 0 Å². The first-order valence-electron chi connectivity index (χ1n) is 9.33. The Bertz CT molecular complexity index is 771. The van der Waals surface area contributed by atoms with Gasteiger partial charge in [-0.25, -0.2) is 0 Å². The summed E-state index contributed by atoms with van der Waals surface area (Å²) in [6, 6.07) is 7.40. The van der Waals surface area contributed by atoms with Gasteiger partial charge in [0.1, 0.15) is 0 Å². The standard InChI is InChI=1S/C19H26ClN5O2/c1-3-21-18(23-13-19(2)9-5-11-26-19)22-10-8-16-24-17(25-27-16)14-6-4-7-15(20)12-14/h4,6-7,12H,3,5,8-11,13H2,1-2H3,(H2,21,22,23). The molecule has 0 amide bonds. The van der Waals surface area contributed by atoms with Crippen LogP contribution in [0.5, 0.6) is 0 Å². The van der Waals surface area contributed by atoms with Crippen LogP contribution in [0.4, 0.5) is 0 Å². The van der Waals surface area contributed by atoms with E-state index in [2.05, 4.69) is 32.7 Å². The van der Waals surface area contributed by atoms with E-state index in [1.807, 2.05) is 31.2 Å². The van der Waals surface area contributed by atoms with Crippen molar-refractivity contribution >= 4 is 17.6 Å². The highest BCUT2D eigenvalue weighted by molar-refractivity contribution is 6.30. The van der Waals surface area contributed by atoms with E-state index in [1.54, 1.807) is 0 Å². The van der Waals surface area contributed by atoms with Gasteiger partial charge in [0.2, 0.25) is 11.7 Å². The zero-order valence-corrected chi connectivity index (χ0v) is 16.6. The number of aromatic nitrogens is 2. The highest BCUT2D eigenvalue weighted by Gasteiger charge is 2.29. The van der Waals surface area contributed by atoms with E-state index in [0.29, 0.717) is 36.2 Å². The predicted octanol–water partition coefficient (Wildman–Crippen LogP) is 3.06. The van der Waals surface area contributed by atoms with Crippen molar-refractivity contribution in [2.24, 2.45) is 4.99 Å². The number of ether oxygens (including phenoxy) is 1. The van der Waals surface area contributed by atoms with E-state index in [-0.39, 0.29) is 5.60 Å². The third-order valence-electron chi connectivity index (χ3n) is 4.40. The molecule has 8 heteroatoms. The van der Waals surface area contributed by atoms with Gasteiger partial charge in [-0.1, -0.05) is 28.9 Å². The number of rotatable bonds is 7. The third kappa shape index (κ3) is 5.68. The minimum Gasteiger partial charge on any atom is -0.373 e. The van der Waals surface area contributed by atoms with Gasteiger partial charge >= 0.3 is 0 Å². The van der Waals surface area contributed by atoms with E-state index >= 15 is 0 Å². The lowest BCUT2D eigenvalue weighted by Crippen LogP contribution is -2.40. The first kappa shape index (κ1) is 19.6.